The number of carbonyl (C=O) groups is 1. The molecule has 2 N–H and O–H groups in total. The number of carbonyl (C=O) groups excluding carboxylic acids is 1. The Kier molecular flexibility index (Phi) is 45.9. The molecule has 0 aliphatic heterocycles. The van der Waals surface area contributed by atoms with E-state index in [1.54, 1.807) is 6.08 Å². The van der Waals surface area contributed by atoms with Crippen LogP contribution in [0.1, 0.15) is 258 Å². The van der Waals surface area contributed by atoms with E-state index in [0.717, 1.165) is 38.5 Å². The number of unbranched alkanes of at least 4 members (excludes halogenated alkanes) is 33. The highest BCUT2D eigenvalue weighted by Gasteiger charge is 2.23. The summed E-state index contributed by atoms with van der Waals surface area (Å²) in [7, 11) is 1.25. The summed E-state index contributed by atoms with van der Waals surface area (Å²) < 4.78 is 23.3. The van der Waals surface area contributed by atoms with Crippen molar-refractivity contribution in [2.45, 2.75) is 270 Å². The van der Waals surface area contributed by atoms with Crippen LogP contribution in [0, 0.1) is 0 Å². The van der Waals surface area contributed by atoms with Crippen LogP contribution in [0.2, 0.25) is 0 Å². The molecule has 64 heavy (non-hydrogen) atoms. The van der Waals surface area contributed by atoms with Crippen LogP contribution in [0.5, 0.6) is 0 Å². The molecule has 0 aliphatic rings. The second kappa shape index (κ2) is 46.8. The van der Waals surface area contributed by atoms with Crippen molar-refractivity contribution in [2.75, 3.05) is 40.9 Å². The van der Waals surface area contributed by atoms with Crippen LogP contribution < -0.4 is 10.2 Å². The molecule has 0 aromatic carbocycles. The topological polar surface area (TPSA) is 108 Å². The average molecular weight is 923 g/mol. The summed E-state index contributed by atoms with van der Waals surface area (Å²) in [6.45, 7) is 4.65. The van der Waals surface area contributed by atoms with Gasteiger partial charge in [0, 0.05) is 6.42 Å². The van der Waals surface area contributed by atoms with Gasteiger partial charge in [-0.3, -0.25) is 9.36 Å². The lowest BCUT2D eigenvalue weighted by atomic mass is 10.0. The molecular weight excluding hydrogens is 816 g/mol. The molecule has 378 valence electrons. The summed E-state index contributed by atoms with van der Waals surface area (Å²) >= 11 is 0. The Bertz CT molecular complexity index is 1140. The van der Waals surface area contributed by atoms with Gasteiger partial charge in [0.1, 0.15) is 13.2 Å². The predicted octanol–water partition coefficient (Wildman–Crippen LogP) is 15.6. The Labute approximate surface area is 397 Å². The lowest BCUT2D eigenvalue weighted by molar-refractivity contribution is -0.870. The number of allylic oxidation sites excluding steroid dienone is 5. The van der Waals surface area contributed by atoms with E-state index >= 15 is 0 Å². The number of likely N-dealkylation sites (N-methyl/N-ethyl adjacent to an activating group) is 1. The van der Waals surface area contributed by atoms with Crippen LogP contribution in [-0.2, 0) is 18.4 Å². The van der Waals surface area contributed by atoms with Crippen molar-refractivity contribution in [1.82, 2.24) is 5.32 Å². The van der Waals surface area contributed by atoms with E-state index in [0.29, 0.717) is 17.4 Å². The molecule has 3 atom stereocenters. The number of phosphoric acid groups is 1. The number of quaternary nitrogens is 1. The fourth-order valence-electron chi connectivity index (χ4n) is 7.99. The van der Waals surface area contributed by atoms with Gasteiger partial charge >= 0.3 is 0 Å². The highest BCUT2D eigenvalue weighted by molar-refractivity contribution is 7.45. The Balaban J connectivity index is 4.31. The van der Waals surface area contributed by atoms with Crippen molar-refractivity contribution in [2.24, 2.45) is 0 Å². The largest absolute Gasteiger partial charge is 0.756 e. The highest BCUT2D eigenvalue weighted by atomic mass is 31.2. The van der Waals surface area contributed by atoms with Gasteiger partial charge in [-0.15, -0.1) is 0 Å². The number of hydrogen-bond acceptors (Lipinski definition) is 6. The quantitative estimate of drug-likeness (QED) is 0.0272. The highest BCUT2D eigenvalue weighted by Crippen LogP contribution is 2.38. The van der Waals surface area contributed by atoms with E-state index in [4.69, 9.17) is 9.05 Å². The maximum absolute atomic E-state index is 12.9. The predicted molar refractivity (Wildman–Crippen MR) is 275 cm³/mol. The summed E-state index contributed by atoms with van der Waals surface area (Å²) in [5.74, 6) is -0.209. The summed E-state index contributed by atoms with van der Waals surface area (Å²) in [6.07, 6.45) is 59.3. The number of aliphatic hydroxyl groups is 1. The monoisotopic (exact) mass is 923 g/mol. The summed E-state index contributed by atoms with van der Waals surface area (Å²) in [6, 6.07) is -0.905. The smallest absolute Gasteiger partial charge is 0.268 e. The third kappa shape index (κ3) is 48.6. The number of aliphatic hydroxyl groups excluding tert-OH is 1. The van der Waals surface area contributed by atoms with E-state index in [9.17, 15) is 19.4 Å². The molecule has 0 spiro atoms. The first-order valence-corrected chi connectivity index (χ1v) is 28.8. The SMILES string of the molecule is CCCCCCCCCC/C=C\CCCCCCCCCC(=O)NC(COP(=O)([O-])OCC[N+](C)(C)C)C(O)/C=C/CC/C=C/CCCCCCCCCCCCCCCCCCC. The van der Waals surface area contributed by atoms with Gasteiger partial charge in [-0.1, -0.05) is 230 Å². The lowest BCUT2D eigenvalue weighted by Crippen LogP contribution is -2.45. The zero-order valence-electron chi connectivity index (χ0n) is 43.0. The van der Waals surface area contributed by atoms with Crippen molar-refractivity contribution >= 4 is 13.7 Å². The van der Waals surface area contributed by atoms with Crippen molar-refractivity contribution < 1.29 is 32.9 Å². The number of nitrogens with zero attached hydrogens (tertiary/aromatic N) is 1. The fraction of sp³-hybridized carbons (Fsp3) is 0.873. The summed E-state index contributed by atoms with van der Waals surface area (Å²) in [5.41, 5.74) is 0. The minimum Gasteiger partial charge on any atom is -0.756 e. The maximum Gasteiger partial charge on any atom is 0.268 e. The summed E-state index contributed by atoms with van der Waals surface area (Å²) in [4.78, 5) is 25.4. The maximum atomic E-state index is 12.9. The molecule has 0 fully saturated rings. The molecule has 3 unspecified atom stereocenters. The van der Waals surface area contributed by atoms with Crippen LogP contribution in [0.25, 0.3) is 0 Å². The second-order valence-corrected chi connectivity index (χ2v) is 21.3. The van der Waals surface area contributed by atoms with Gasteiger partial charge in [-0.2, -0.15) is 0 Å². The van der Waals surface area contributed by atoms with E-state index in [-0.39, 0.29) is 12.5 Å². The molecule has 0 heterocycles. The molecule has 0 aromatic heterocycles. The van der Waals surface area contributed by atoms with Crippen molar-refractivity contribution in [3.05, 3.63) is 36.5 Å². The molecule has 8 nitrogen and oxygen atoms in total. The van der Waals surface area contributed by atoms with E-state index in [1.165, 1.54) is 199 Å². The molecule has 1 amide bonds. The molecule has 0 aromatic rings. The van der Waals surface area contributed by atoms with Gasteiger partial charge in [0.05, 0.1) is 39.9 Å². The van der Waals surface area contributed by atoms with Crippen molar-refractivity contribution in [3.63, 3.8) is 0 Å². The summed E-state index contributed by atoms with van der Waals surface area (Å²) in [5, 5.41) is 13.8. The van der Waals surface area contributed by atoms with E-state index in [2.05, 4.69) is 43.5 Å². The lowest BCUT2D eigenvalue weighted by Gasteiger charge is -2.29. The molecule has 0 saturated carbocycles. The second-order valence-electron chi connectivity index (χ2n) is 19.9. The first kappa shape index (κ1) is 62.7. The van der Waals surface area contributed by atoms with E-state index in [1.807, 2.05) is 27.2 Å². The van der Waals surface area contributed by atoms with Gasteiger partial charge in [-0.25, -0.2) is 0 Å². The zero-order valence-corrected chi connectivity index (χ0v) is 43.9. The fourth-order valence-corrected chi connectivity index (χ4v) is 8.71. The van der Waals surface area contributed by atoms with Gasteiger partial charge in [-0.05, 0) is 57.8 Å². The molecule has 9 heteroatoms. The number of nitrogens with one attached hydrogen (secondary N) is 1. The minimum atomic E-state index is -4.60. The first-order valence-electron chi connectivity index (χ1n) is 27.4. The van der Waals surface area contributed by atoms with Crippen molar-refractivity contribution in [1.29, 1.82) is 0 Å². The Morgan fingerprint density at radius 1 is 0.531 bits per heavy atom. The van der Waals surface area contributed by atoms with Gasteiger partial charge in [0.2, 0.25) is 5.91 Å². The molecule has 0 aliphatic carbocycles. The van der Waals surface area contributed by atoms with Crippen molar-refractivity contribution in [3.8, 4) is 0 Å². The number of hydrogen-bond donors (Lipinski definition) is 2. The Morgan fingerprint density at radius 3 is 1.27 bits per heavy atom. The van der Waals surface area contributed by atoms with Crippen LogP contribution in [-0.4, -0.2) is 68.5 Å². The molecule has 0 bridgehead atoms. The Hall–Kier alpha value is -1.28. The van der Waals surface area contributed by atoms with Crippen LogP contribution >= 0.6 is 7.82 Å². The van der Waals surface area contributed by atoms with Crippen LogP contribution in [0.4, 0.5) is 0 Å². The third-order valence-electron chi connectivity index (χ3n) is 12.3. The molecule has 0 rings (SSSR count). The molecular formula is C55H107N2O6P. The number of amides is 1. The van der Waals surface area contributed by atoms with Gasteiger partial charge < -0.3 is 28.8 Å². The van der Waals surface area contributed by atoms with Crippen LogP contribution in [0.3, 0.4) is 0 Å². The van der Waals surface area contributed by atoms with Gasteiger partial charge in [0.15, 0.2) is 0 Å². The van der Waals surface area contributed by atoms with E-state index < -0.39 is 26.6 Å². The molecule has 0 radical (unpaired) electrons. The number of rotatable bonds is 50. The standard InChI is InChI=1S/C55H107N2O6P/c1-6-8-10-12-14-16-18-20-22-24-26-27-28-29-31-32-34-36-38-40-42-44-46-48-54(58)53(52-63-64(60,61)62-51-50-57(3,4)5)56-55(59)49-47-45-43-41-39-37-35-33-30-25-23-21-19-17-15-13-11-9-7-2/h25,30,38,40,46,48,53-54,58H,6-24,26-29,31-37,39,41-45,47,49-52H2,1-5H3,(H-,56,59,60,61)/b30-25-,40-38+,48-46+. The number of phosphoric ester groups is 1. The average Bonchev–Trinajstić information content (AvgIpc) is 3.25. The minimum absolute atomic E-state index is 0.00671. The van der Waals surface area contributed by atoms with Gasteiger partial charge in [0.25, 0.3) is 7.82 Å². The normalized spacial score (nSPS) is 14.3. The first-order chi connectivity index (χ1) is 31.0. The van der Waals surface area contributed by atoms with Crippen LogP contribution in [0.15, 0.2) is 36.5 Å². The molecule has 0 saturated heterocycles. The third-order valence-corrected chi connectivity index (χ3v) is 13.3. The zero-order chi connectivity index (χ0) is 47.1. The Morgan fingerprint density at radius 2 is 0.875 bits per heavy atom.